The maximum Gasteiger partial charge on any atom is 0.290 e. The highest BCUT2D eigenvalue weighted by atomic mass is 35.5. The summed E-state index contributed by atoms with van der Waals surface area (Å²) in [7, 11) is 0. The van der Waals surface area contributed by atoms with Crippen LogP contribution in [0.4, 0.5) is 5.69 Å². The molecule has 3 unspecified atom stereocenters. The van der Waals surface area contributed by atoms with E-state index in [-0.39, 0.29) is 18.1 Å². The van der Waals surface area contributed by atoms with E-state index in [4.69, 9.17) is 23.2 Å². The molecule has 0 aliphatic carbocycles. The van der Waals surface area contributed by atoms with Gasteiger partial charge in [-0.1, -0.05) is 53.5 Å². The van der Waals surface area contributed by atoms with Crippen LogP contribution in [0.15, 0.2) is 48.5 Å². The van der Waals surface area contributed by atoms with Gasteiger partial charge in [-0.3, -0.25) is 9.69 Å². The number of quaternary nitrogens is 1. The molecule has 3 atom stereocenters. The van der Waals surface area contributed by atoms with Crippen molar-refractivity contribution in [1.29, 1.82) is 0 Å². The molecule has 4 rings (SSSR count). The summed E-state index contributed by atoms with van der Waals surface area (Å²) in [5, 5.41) is 0.983. The molecule has 2 fully saturated rings. The molecular formula is C18H17Cl2N2O+. The molecule has 2 aliphatic rings. The number of hydrogen-bond donors (Lipinski definition) is 1. The van der Waals surface area contributed by atoms with Crippen LogP contribution in [-0.2, 0) is 4.79 Å². The number of amides is 1. The predicted octanol–water partition coefficient (Wildman–Crippen LogP) is 3.09. The fourth-order valence-corrected chi connectivity index (χ4v) is 4.14. The minimum Gasteiger partial charge on any atom is -0.301 e. The zero-order valence-electron chi connectivity index (χ0n) is 12.5. The van der Waals surface area contributed by atoms with Crippen molar-refractivity contribution in [3.63, 3.8) is 0 Å². The summed E-state index contributed by atoms with van der Waals surface area (Å²) in [6.45, 7) is 1.02. The second-order valence-electron chi connectivity index (χ2n) is 6.14. The number of nitrogens with zero attached hydrogens (tertiary/aromatic N) is 1. The van der Waals surface area contributed by atoms with Crippen LogP contribution in [0.3, 0.4) is 0 Å². The fourth-order valence-electron chi connectivity index (χ4n) is 3.85. The molecule has 23 heavy (non-hydrogen) atoms. The summed E-state index contributed by atoms with van der Waals surface area (Å²) < 4.78 is 0. The van der Waals surface area contributed by atoms with E-state index in [1.165, 1.54) is 4.90 Å². The summed E-state index contributed by atoms with van der Waals surface area (Å²) in [4.78, 5) is 16.2. The number of halogens is 2. The van der Waals surface area contributed by atoms with Gasteiger partial charge in [-0.15, -0.1) is 0 Å². The third kappa shape index (κ3) is 2.44. The summed E-state index contributed by atoms with van der Waals surface area (Å²) in [5.41, 5.74) is 1.98. The van der Waals surface area contributed by atoms with Crippen molar-refractivity contribution >= 4 is 34.8 Å². The molecule has 1 N–H and O–H groups in total. The van der Waals surface area contributed by atoms with Gasteiger partial charge in [0.05, 0.1) is 22.3 Å². The molecular weight excluding hydrogens is 331 g/mol. The predicted molar refractivity (Wildman–Crippen MR) is 92.0 cm³/mol. The first-order valence-electron chi connectivity index (χ1n) is 7.85. The molecule has 0 radical (unpaired) electrons. The van der Waals surface area contributed by atoms with Crippen molar-refractivity contribution in [1.82, 2.24) is 0 Å². The van der Waals surface area contributed by atoms with Gasteiger partial charge in [0.25, 0.3) is 5.91 Å². The van der Waals surface area contributed by atoms with E-state index in [1.807, 2.05) is 29.2 Å². The Hall–Kier alpha value is -1.55. The van der Waals surface area contributed by atoms with Crippen LogP contribution in [0.5, 0.6) is 0 Å². The number of carbonyl (C=O) groups excluding carboxylic acids is 1. The lowest BCUT2D eigenvalue weighted by atomic mass is 10.1. The van der Waals surface area contributed by atoms with Crippen molar-refractivity contribution in [2.45, 2.75) is 25.0 Å². The summed E-state index contributed by atoms with van der Waals surface area (Å²) >= 11 is 12.2. The van der Waals surface area contributed by atoms with Crippen LogP contribution in [0.25, 0.3) is 0 Å². The van der Waals surface area contributed by atoms with Gasteiger partial charge >= 0.3 is 0 Å². The van der Waals surface area contributed by atoms with Crippen molar-refractivity contribution in [2.75, 3.05) is 11.4 Å². The maximum atomic E-state index is 13.0. The molecule has 2 aromatic rings. The first kappa shape index (κ1) is 15.0. The quantitative estimate of drug-likeness (QED) is 0.886. The number of carbonyl (C=O) groups is 1. The minimum absolute atomic E-state index is 0.00782. The first-order chi connectivity index (χ1) is 11.2. The molecule has 2 aliphatic heterocycles. The molecule has 118 valence electrons. The Morgan fingerprint density at radius 3 is 2.57 bits per heavy atom. The van der Waals surface area contributed by atoms with E-state index in [1.54, 1.807) is 12.1 Å². The number of nitrogens with one attached hydrogen (secondary N) is 1. The second kappa shape index (κ2) is 5.82. The average molecular weight is 348 g/mol. The zero-order chi connectivity index (χ0) is 16.0. The Balaban J connectivity index is 1.82. The van der Waals surface area contributed by atoms with Crippen LogP contribution in [0.1, 0.15) is 24.6 Å². The van der Waals surface area contributed by atoms with Crippen LogP contribution < -0.4 is 9.80 Å². The van der Waals surface area contributed by atoms with Crippen molar-refractivity contribution in [3.05, 3.63) is 64.1 Å². The molecule has 2 aromatic carbocycles. The highest BCUT2D eigenvalue weighted by Crippen LogP contribution is 2.34. The van der Waals surface area contributed by atoms with Gasteiger partial charge in [0.2, 0.25) is 0 Å². The van der Waals surface area contributed by atoms with E-state index in [0.29, 0.717) is 10.0 Å². The van der Waals surface area contributed by atoms with Gasteiger partial charge in [0, 0.05) is 18.4 Å². The van der Waals surface area contributed by atoms with Crippen molar-refractivity contribution in [3.8, 4) is 0 Å². The van der Waals surface area contributed by atoms with Gasteiger partial charge in [-0.2, -0.15) is 0 Å². The van der Waals surface area contributed by atoms with Gasteiger partial charge in [-0.25, -0.2) is 0 Å². The summed E-state index contributed by atoms with van der Waals surface area (Å²) in [6, 6.07) is 15.7. The van der Waals surface area contributed by atoms with Crippen molar-refractivity contribution in [2.24, 2.45) is 0 Å². The van der Waals surface area contributed by atoms with Gasteiger partial charge < -0.3 is 4.90 Å². The van der Waals surface area contributed by atoms with E-state index in [9.17, 15) is 4.79 Å². The summed E-state index contributed by atoms with van der Waals surface area (Å²) in [5.74, 6) is 0.185. The van der Waals surface area contributed by atoms with Crippen molar-refractivity contribution < 1.29 is 9.69 Å². The Morgan fingerprint density at radius 2 is 1.83 bits per heavy atom. The second-order valence-corrected chi connectivity index (χ2v) is 6.95. The maximum absolute atomic E-state index is 13.0. The number of benzene rings is 2. The van der Waals surface area contributed by atoms with Gasteiger partial charge in [0.1, 0.15) is 0 Å². The van der Waals surface area contributed by atoms with E-state index < -0.39 is 0 Å². The van der Waals surface area contributed by atoms with Crippen LogP contribution in [0, 0.1) is 0 Å². The molecule has 5 heteroatoms. The Kier molecular flexibility index (Phi) is 3.80. The first-order valence-corrected chi connectivity index (χ1v) is 8.61. The van der Waals surface area contributed by atoms with E-state index >= 15 is 0 Å². The fraction of sp³-hybridized carbons (Fsp3) is 0.278. The smallest absolute Gasteiger partial charge is 0.290 e. The molecule has 2 saturated heterocycles. The molecule has 3 nitrogen and oxygen atoms in total. The standard InChI is InChI=1S/C18H16Cl2N2O/c19-14-9-8-13(11-15(14)20)22-17(12-5-2-1-3-6-12)21-10-4-7-16(21)18(22)23/h1-3,5-6,8-9,11,16-17H,4,7,10H2/p+1. The van der Waals surface area contributed by atoms with E-state index in [2.05, 4.69) is 12.1 Å². The van der Waals surface area contributed by atoms with Crippen LogP contribution in [-0.4, -0.2) is 18.5 Å². The normalized spacial score (nSPS) is 26.6. The third-order valence-electron chi connectivity index (χ3n) is 4.85. The molecule has 2 heterocycles. The summed E-state index contributed by atoms with van der Waals surface area (Å²) in [6.07, 6.45) is 2.06. The molecule has 0 saturated carbocycles. The minimum atomic E-state index is 0.00782. The SMILES string of the molecule is O=C1C2CCC[NH+]2C(c2ccccc2)N1c1ccc(Cl)c(Cl)c1. The number of hydrogen-bond acceptors (Lipinski definition) is 1. The molecule has 0 aromatic heterocycles. The third-order valence-corrected chi connectivity index (χ3v) is 5.59. The lowest BCUT2D eigenvalue weighted by Gasteiger charge is -2.26. The Morgan fingerprint density at radius 1 is 1.04 bits per heavy atom. The zero-order valence-corrected chi connectivity index (χ0v) is 14.0. The monoisotopic (exact) mass is 347 g/mol. The Bertz CT molecular complexity index is 750. The lowest BCUT2D eigenvalue weighted by molar-refractivity contribution is -0.924. The van der Waals surface area contributed by atoms with Gasteiger partial charge in [0.15, 0.2) is 12.2 Å². The highest BCUT2D eigenvalue weighted by Gasteiger charge is 2.53. The molecule has 0 spiro atoms. The average Bonchev–Trinajstić information content (AvgIpc) is 3.13. The number of rotatable bonds is 2. The van der Waals surface area contributed by atoms with Gasteiger partial charge in [-0.05, 0) is 18.2 Å². The van der Waals surface area contributed by atoms with Crippen LogP contribution >= 0.6 is 23.2 Å². The molecule has 0 bridgehead atoms. The largest absolute Gasteiger partial charge is 0.301 e. The lowest BCUT2D eigenvalue weighted by Crippen LogP contribution is -3.12. The number of fused-ring (bicyclic) bond motifs is 1. The highest BCUT2D eigenvalue weighted by molar-refractivity contribution is 6.42. The topological polar surface area (TPSA) is 24.8 Å². The Labute approximate surface area is 145 Å². The van der Waals surface area contributed by atoms with E-state index in [0.717, 1.165) is 30.6 Å². The number of anilines is 1. The van der Waals surface area contributed by atoms with Crippen LogP contribution in [0.2, 0.25) is 10.0 Å². The molecule has 1 amide bonds.